The quantitative estimate of drug-likeness (QED) is 0.236. The van der Waals surface area contributed by atoms with Crippen LogP contribution in [-0.4, -0.2) is 28.8 Å². The molecule has 4 aromatic rings. The second-order valence-electron chi connectivity index (χ2n) is 8.90. The average Bonchev–Trinajstić information content (AvgIpc) is 3.28. The van der Waals surface area contributed by atoms with Crippen molar-refractivity contribution in [2.24, 2.45) is 10.9 Å². The lowest BCUT2D eigenvalue weighted by Gasteiger charge is -2.33. The highest BCUT2D eigenvalue weighted by molar-refractivity contribution is 7.19. The summed E-state index contributed by atoms with van der Waals surface area (Å²) in [5.74, 6) is 1.73. The summed E-state index contributed by atoms with van der Waals surface area (Å²) in [5, 5.41) is 1.97. The molecule has 2 heterocycles. The number of aryl methyl sites for hydroxylation is 1. The van der Waals surface area contributed by atoms with Gasteiger partial charge in [0.25, 0.3) is 0 Å². The van der Waals surface area contributed by atoms with Gasteiger partial charge < -0.3 is 4.90 Å². The molecule has 1 aromatic heterocycles. The number of hydrogen-bond acceptors (Lipinski definition) is 3. The van der Waals surface area contributed by atoms with Crippen LogP contribution in [-0.2, 0) is 0 Å². The molecule has 1 aliphatic heterocycles. The third-order valence-electron chi connectivity index (χ3n) is 6.15. The van der Waals surface area contributed by atoms with E-state index in [1.54, 1.807) is 11.3 Å². The van der Waals surface area contributed by atoms with Crippen LogP contribution in [0.25, 0.3) is 21.8 Å². The molecule has 1 aliphatic rings. The van der Waals surface area contributed by atoms with Crippen LogP contribution in [0.4, 0.5) is 5.00 Å². The summed E-state index contributed by atoms with van der Waals surface area (Å²) in [5.41, 5.74) is 5.62. The van der Waals surface area contributed by atoms with Crippen LogP contribution in [0.5, 0.6) is 0 Å². The van der Waals surface area contributed by atoms with Crippen molar-refractivity contribution in [1.82, 2.24) is 9.88 Å². The largest absolute Gasteiger partial charge is 0.356 e. The summed E-state index contributed by atoms with van der Waals surface area (Å²) >= 11 is 1.67. The molecule has 3 nitrogen and oxygen atoms in total. The number of nitrogens with zero attached hydrogens (tertiary/aromatic N) is 3. The molecule has 4 heteroatoms. The number of likely N-dealkylation sites (tertiary alicyclic amines) is 1. The van der Waals surface area contributed by atoms with Crippen LogP contribution >= 0.6 is 11.3 Å². The minimum Gasteiger partial charge on any atom is -0.356 e. The van der Waals surface area contributed by atoms with E-state index in [0.717, 1.165) is 45.8 Å². The van der Waals surface area contributed by atoms with Gasteiger partial charge in [0.05, 0.1) is 0 Å². The van der Waals surface area contributed by atoms with Gasteiger partial charge in [0.2, 0.25) is 0 Å². The Labute approximate surface area is 200 Å². The first-order valence-corrected chi connectivity index (χ1v) is 12.5. The molecule has 33 heavy (non-hydrogen) atoms. The standard InChI is InChI=1S/C29H29N3S/c1-21-15-17-24(18-16-21)27(32-19-9-10-22(2)20-32)31-29-26(23-11-5-3-6-12-23)30-28(33-29)25-13-7-4-8-14-25/h3-8,11-18,22H,9-10,19-20H2,1-2H3/b31-27-. The lowest BCUT2D eigenvalue weighted by molar-refractivity contribution is 0.274. The number of aliphatic imine (C=N–C) groups is 1. The Morgan fingerprint density at radius 3 is 2.24 bits per heavy atom. The molecule has 3 aromatic carbocycles. The molecule has 0 spiro atoms. The van der Waals surface area contributed by atoms with Gasteiger partial charge in [0.1, 0.15) is 21.5 Å². The van der Waals surface area contributed by atoms with Crippen molar-refractivity contribution in [1.29, 1.82) is 0 Å². The van der Waals surface area contributed by atoms with Gasteiger partial charge in [-0.3, -0.25) is 0 Å². The maximum atomic E-state index is 5.34. The summed E-state index contributed by atoms with van der Waals surface area (Å²) in [6.07, 6.45) is 2.49. The van der Waals surface area contributed by atoms with Crippen LogP contribution in [0.15, 0.2) is 89.9 Å². The maximum Gasteiger partial charge on any atom is 0.146 e. The Morgan fingerprint density at radius 1 is 0.909 bits per heavy atom. The van der Waals surface area contributed by atoms with Crippen LogP contribution < -0.4 is 0 Å². The number of amidine groups is 1. The first kappa shape index (κ1) is 21.6. The van der Waals surface area contributed by atoms with Crippen LogP contribution in [0.1, 0.15) is 30.9 Å². The van der Waals surface area contributed by atoms with E-state index in [1.165, 1.54) is 24.0 Å². The Hall–Kier alpha value is -3.24. The fraction of sp³-hybridized carbons (Fsp3) is 0.241. The third-order valence-corrected chi connectivity index (χ3v) is 7.15. The first-order chi connectivity index (χ1) is 16.2. The summed E-state index contributed by atoms with van der Waals surface area (Å²) < 4.78 is 0. The number of hydrogen-bond donors (Lipinski definition) is 0. The fourth-order valence-corrected chi connectivity index (χ4v) is 5.34. The van der Waals surface area contributed by atoms with Crippen LogP contribution in [0, 0.1) is 12.8 Å². The van der Waals surface area contributed by atoms with Crippen molar-refractivity contribution in [3.8, 4) is 21.8 Å². The van der Waals surface area contributed by atoms with E-state index in [2.05, 4.69) is 91.5 Å². The smallest absolute Gasteiger partial charge is 0.146 e. The molecule has 0 bridgehead atoms. The predicted molar refractivity (Wildman–Crippen MR) is 140 cm³/mol. The molecule has 1 saturated heterocycles. The van der Waals surface area contributed by atoms with Gasteiger partial charge in [-0.15, -0.1) is 0 Å². The number of thiazole rings is 1. The number of piperidine rings is 1. The van der Waals surface area contributed by atoms with E-state index in [9.17, 15) is 0 Å². The number of benzene rings is 3. The lowest BCUT2D eigenvalue weighted by atomic mass is 9.99. The van der Waals surface area contributed by atoms with E-state index in [-0.39, 0.29) is 0 Å². The van der Waals surface area contributed by atoms with Gasteiger partial charge in [-0.05, 0) is 25.7 Å². The highest BCUT2D eigenvalue weighted by Crippen LogP contribution is 2.40. The molecular weight excluding hydrogens is 422 g/mol. The molecule has 0 saturated carbocycles. The zero-order chi connectivity index (χ0) is 22.6. The first-order valence-electron chi connectivity index (χ1n) is 11.7. The van der Waals surface area contributed by atoms with Crippen molar-refractivity contribution in [3.63, 3.8) is 0 Å². The van der Waals surface area contributed by atoms with Crippen molar-refractivity contribution in [2.45, 2.75) is 26.7 Å². The van der Waals surface area contributed by atoms with Gasteiger partial charge in [0, 0.05) is 29.8 Å². The van der Waals surface area contributed by atoms with E-state index in [0.29, 0.717) is 5.92 Å². The zero-order valence-corrected chi connectivity index (χ0v) is 20.1. The van der Waals surface area contributed by atoms with Gasteiger partial charge >= 0.3 is 0 Å². The maximum absolute atomic E-state index is 5.34. The molecule has 0 N–H and O–H groups in total. The fourth-order valence-electron chi connectivity index (χ4n) is 4.37. The molecule has 0 aliphatic carbocycles. The second kappa shape index (κ2) is 9.72. The lowest BCUT2D eigenvalue weighted by Crippen LogP contribution is -2.39. The molecule has 1 unspecified atom stereocenters. The number of aromatic nitrogens is 1. The third kappa shape index (κ3) is 4.91. The Morgan fingerprint density at radius 2 is 1.58 bits per heavy atom. The summed E-state index contributed by atoms with van der Waals surface area (Å²) in [6, 6.07) is 29.6. The molecule has 1 fully saturated rings. The highest BCUT2D eigenvalue weighted by atomic mass is 32.1. The monoisotopic (exact) mass is 451 g/mol. The summed E-state index contributed by atoms with van der Waals surface area (Å²) in [7, 11) is 0. The summed E-state index contributed by atoms with van der Waals surface area (Å²) in [6.45, 7) is 6.56. The zero-order valence-electron chi connectivity index (χ0n) is 19.2. The SMILES string of the molecule is Cc1ccc(/C(=N/c2sc(-c3ccccc3)nc2-c2ccccc2)N2CCCC(C)C2)cc1. The molecule has 5 rings (SSSR count). The van der Waals surface area contributed by atoms with E-state index >= 15 is 0 Å². The van der Waals surface area contributed by atoms with Crippen molar-refractivity contribution < 1.29 is 0 Å². The second-order valence-corrected chi connectivity index (χ2v) is 9.88. The average molecular weight is 452 g/mol. The van der Waals surface area contributed by atoms with Crippen molar-refractivity contribution in [2.75, 3.05) is 13.1 Å². The van der Waals surface area contributed by atoms with E-state index < -0.39 is 0 Å². The highest BCUT2D eigenvalue weighted by Gasteiger charge is 2.23. The van der Waals surface area contributed by atoms with E-state index in [1.807, 2.05) is 12.1 Å². The van der Waals surface area contributed by atoms with Gasteiger partial charge in [-0.25, -0.2) is 9.98 Å². The van der Waals surface area contributed by atoms with E-state index in [4.69, 9.17) is 9.98 Å². The molecule has 166 valence electrons. The predicted octanol–water partition coefficient (Wildman–Crippen LogP) is 7.60. The van der Waals surface area contributed by atoms with Crippen LogP contribution in [0.2, 0.25) is 0 Å². The molecule has 0 amide bonds. The van der Waals surface area contributed by atoms with Crippen LogP contribution in [0.3, 0.4) is 0 Å². The minimum atomic E-state index is 0.671. The molecule has 0 radical (unpaired) electrons. The normalized spacial score (nSPS) is 16.7. The minimum absolute atomic E-state index is 0.671. The van der Waals surface area contributed by atoms with Gasteiger partial charge in [-0.2, -0.15) is 0 Å². The van der Waals surface area contributed by atoms with Gasteiger partial charge in [-0.1, -0.05) is 109 Å². The van der Waals surface area contributed by atoms with Crippen molar-refractivity contribution in [3.05, 3.63) is 96.1 Å². The molecule has 1 atom stereocenters. The Balaban J connectivity index is 1.66. The topological polar surface area (TPSA) is 28.5 Å². The Kier molecular flexibility index (Phi) is 6.36. The van der Waals surface area contributed by atoms with Gasteiger partial charge in [0.15, 0.2) is 0 Å². The number of rotatable bonds is 4. The van der Waals surface area contributed by atoms with Crippen molar-refractivity contribution >= 4 is 22.2 Å². The summed E-state index contributed by atoms with van der Waals surface area (Å²) in [4.78, 5) is 12.9. The Bertz CT molecular complexity index is 1230. The molecular formula is C29H29N3S.